The molecule has 1 aromatic heterocycles. The maximum atomic E-state index is 12.6. The van der Waals surface area contributed by atoms with Gasteiger partial charge in [-0.3, -0.25) is 4.79 Å². The molecule has 1 fully saturated rings. The van der Waals surface area contributed by atoms with Gasteiger partial charge in [0.2, 0.25) is 0 Å². The van der Waals surface area contributed by atoms with E-state index >= 15 is 0 Å². The van der Waals surface area contributed by atoms with Gasteiger partial charge >= 0.3 is 0 Å². The molecule has 110 valence electrons. The number of nitrogens with zero attached hydrogens (tertiary/aromatic N) is 1. The molecule has 1 saturated carbocycles. The summed E-state index contributed by atoms with van der Waals surface area (Å²) in [4.78, 5) is 12.6. The Kier molecular flexibility index (Phi) is 3.36. The van der Waals surface area contributed by atoms with Crippen LogP contribution in [0.2, 0.25) is 0 Å². The molecular formula is C18H22N2O. The lowest BCUT2D eigenvalue weighted by Gasteiger charge is -2.10. The number of carbonyl (C=O) groups excluding carboxylic acids is 1. The average molecular weight is 282 g/mol. The van der Waals surface area contributed by atoms with Gasteiger partial charge in [0.15, 0.2) is 0 Å². The van der Waals surface area contributed by atoms with E-state index in [2.05, 4.69) is 29.8 Å². The van der Waals surface area contributed by atoms with Crippen LogP contribution in [0.3, 0.4) is 0 Å². The molecule has 0 atom stereocenters. The van der Waals surface area contributed by atoms with E-state index in [1.54, 1.807) is 0 Å². The van der Waals surface area contributed by atoms with Gasteiger partial charge in [-0.25, -0.2) is 0 Å². The van der Waals surface area contributed by atoms with E-state index < -0.39 is 0 Å². The highest BCUT2D eigenvalue weighted by Gasteiger charge is 2.28. The van der Waals surface area contributed by atoms with E-state index in [-0.39, 0.29) is 5.91 Å². The van der Waals surface area contributed by atoms with Crippen LogP contribution in [0, 0.1) is 27.7 Å². The Morgan fingerprint density at radius 2 is 1.86 bits per heavy atom. The number of anilines is 1. The first-order chi connectivity index (χ1) is 9.97. The molecule has 0 bridgehead atoms. The third kappa shape index (κ3) is 2.60. The van der Waals surface area contributed by atoms with Crippen molar-refractivity contribution < 1.29 is 4.79 Å². The summed E-state index contributed by atoms with van der Waals surface area (Å²) in [6.07, 6.45) is 2.46. The molecule has 0 aliphatic heterocycles. The molecule has 1 aliphatic rings. The number of amides is 1. The number of aryl methyl sites for hydroxylation is 3. The van der Waals surface area contributed by atoms with Crippen LogP contribution in [0.4, 0.5) is 5.69 Å². The maximum absolute atomic E-state index is 12.6. The first-order valence-corrected chi connectivity index (χ1v) is 7.54. The number of benzene rings is 1. The van der Waals surface area contributed by atoms with Crippen LogP contribution in [0.15, 0.2) is 24.3 Å². The largest absolute Gasteiger partial charge is 0.345 e. The summed E-state index contributed by atoms with van der Waals surface area (Å²) < 4.78 is 2.30. The quantitative estimate of drug-likeness (QED) is 0.894. The summed E-state index contributed by atoms with van der Waals surface area (Å²) in [6, 6.07) is 8.70. The van der Waals surface area contributed by atoms with Crippen LogP contribution in [-0.2, 0) is 0 Å². The zero-order valence-electron chi connectivity index (χ0n) is 13.2. The summed E-state index contributed by atoms with van der Waals surface area (Å²) in [5.41, 5.74) is 6.25. The second kappa shape index (κ2) is 5.06. The molecule has 3 heteroatoms. The van der Waals surface area contributed by atoms with Crippen molar-refractivity contribution in [2.45, 2.75) is 46.6 Å². The van der Waals surface area contributed by atoms with Crippen molar-refractivity contribution in [1.82, 2.24) is 4.57 Å². The molecule has 1 N–H and O–H groups in total. The smallest absolute Gasteiger partial charge is 0.257 e. The molecule has 1 aliphatic carbocycles. The number of hydrogen-bond donors (Lipinski definition) is 1. The molecule has 1 amide bonds. The molecule has 3 rings (SSSR count). The lowest BCUT2D eigenvalue weighted by molar-refractivity contribution is 0.102. The van der Waals surface area contributed by atoms with Gasteiger partial charge in [0.1, 0.15) is 0 Å². The van der Waals surface area contributed by atoms with E-state index in [0.29, 0.717) is 6.04 Å². The lowest BCUT2D eigenvalue weighted by atomic mass is 10.1. The van der Waals surface area contributed by atoms with E-state index in [4.69, 9.17) is 0 Å². The van der Waals surface area contributed by atoms with Crippen LogP contribution in [0.1, 0.15) is 51.8 Å². The molecule has 0 spiro atoms. The van der Waals surface area contributed by atoms with Crippen LogP contribution in [-0.4, -0.2) is 10.5 Å². The molecule has 2 aromatic rings. The topological polar surface area (TPSA) is 34.0 Å². The Morgan fingerprint density at radius 1 is 1.14 bits per heavy atom. The lowest BCUT2D eigenvalue weighted by Crippen LogP contribution is -2.14. The van der Waals surface area contributed by atoms with Crippen molar-refractivity contribution in [3.8, 4) is 0 Å². The molecule has 1 aromatic carbocycles. The minimum absolute atomic E-state index is 0.0121. The van der Waals surface area contributed by atoms with Crippen molar-refractivity contribution in [1.29, 1.82) is 0 Å². The summed E-state index contributed by atoms with van der Waals surface area (Å²) in [5, 5.41) is 3.04. The normalized spacial score (nSPS) is 14.3. The predicted molar refractivity (Wildman–Crippen MR) is 86.0 cm³/mol. The van der Waals surface area contributed by atoms with E-state index in [9.17, 15) is 4.79 Å². The third-order valence-corrected chi connectivity index (χ3v) is 4.27. The van der Waals surface area contributed by atoms with Crippen LogP contribution >= 0.6 is 0 Å². The zero-order chi connectivity index (χ0) is 15.1. The van der Waals surface area contributed by atoms with E-state index in [1.807, 2.05) is 32.0 Å². The Bertz CT molecular complexity index is 708. The SMILES string of the molecule is Cc1ccc(NC(=O)c2cc(C)n(C3CC3)c2C)c(C)c1. The molecule has 0 radical (unpaired) electrons. The van der Waals surface area contributed by atoms with Gasteiger partial charge in [-0.1, -0.05) is 17.7 Å². The van der Waals surface area contributed by atoms with Gasteiger partial charge in [0, 0.05) is 23.1 Å². The van der Waals surface area contributed by atoms with Crippen LogP contribution in [0.5, 0.6) is 0 Å². The standard InChI is InChI=1S/C18H22N2O/c1-11-5-8-17(12(2)9-11)19-18(21)16-10-13(3)20(14(16)4)15-6-7-15/h5,8-10,15H,6-7H2,1-4H3,(H,19,21). The number of carbonyl (C=O) groups is 1. The van der Waals surface area contributed by atoms with E-state index in [1.165, 1.54) is 24.1 Å². The second-order valence-electron chi connectivity index (χ2n) is 6.16. The first-order valence-electron chi connectivity index (χ1n) is 7.54. The van der Waals surface area contributed by atoms with Crippen molar-refractivity contribution in [3.05, 3.63) is 52.3 Å². The van der Waals surface area contributed by atoms with Crippen molar-refractivity contribution in [2.24, 2.45) is 0 Å². The van der Waals surface area contributed by atoms with Gasteiger partial charge < -0.3 is 9.88 Å². The Morgan fingerprint density at radius 3 is 2.48 bits per heavy atom. The highest BCUT2D eigenvalue weighted by Crippen LogP contribution is 2.38. The molecule has 0 saturated heterocycles. The summed E-state index contributed by atoms with van der Waals surface area (Å²) >= 11 is 0. The second-order valence-corrected chi connectivity index (χ2v) is 6.16. The van der Waals surface area contributed by atoms with E-state index in [0.717, 1.165) is 22.5 Å². The number of aromatic nitrogens is 1. The average Bonchev–Trinajstić information content (AvgIpc) is 3.19. The first kappa shape index (κ1) is 13.9. The van der Waals surface area contributed by atoms with Gasteiger partial charge in [0.05, 0.1) is 5.56 Å². The minimum Gasteiger partial charge on any atom is -0.345 e. The predicted octanol–water partition coefficient (Wildman–Crippen LogP) is 4.31. The molecule has 21 heavy (non-hydrogen) atoms. The van der Waals surface area contributed by atoms with Crippen molar-refractivity contribution in [3.63, 3.8) is 0 Å². The Balaban J connectivity index is 1.87. The van der Waals surface area contributed by atoms with Gasteiger partial charge in [-0.05, 0) is 58.2 Å². The summed E-state index contributed by atoms with van der Waals surface area (Å²) in [6.45, 7) is 8.21. The highest BCUT2D eigenvalue weighted by molar-refractivity contribution is 6.05. The monoisotopic (exact) mass is 282 g/mol. The summed E-state index contributed by atoms with van der Waals surface area (Å²) in [5.74, 6) is -0.0121. The van der Waals surface area contributed by atoms with Gasteiger partial charge in [-0.15, -0.1) is 0 Å². The molecule has 0 unspecified atom stereocenters. The van der Waals surface area contributed by atoms with Crippen LogP contribution < -0.4 is 5.32 Å². The zero-order valence-corrected chi connectivity index (χ0v) is 13.2. The van der Waals surface area contributed by atoms with Gasteiger partial charge in [-0.2, -0.15) is 0 Å². The number of rotatable bonds is 3. The maximum Gasteiger partial charge on any atom is 0.257 e. The number of hydrogen-bond acceptors (Lipinski definition) is 1. The summed E-state index contributed by atoms with van der Waals surface area (Å²) in [7, 11) is 0. The third-order valence-electron chi connectivity index (χ3n) is 4.27. The molecular weight excluding hydrogens is 260 g/mol. The van der Waals surface area contributed by atoms with Crippen molar-refractivity contribution >= 4 is 11.6 Å². The molecule has 1 heterocycles. The Labute approximate surface area is 126 Å². The Hall–Kier alpha value is -2.03. The fourth-order valence-electron chi connectivity index (χ4n) is 3.05. The van der Waals surface area contributed by atoms with Crippen LogP contribution in [0.25, 0.3) is 0 Å². The molecule has 3 nitrogen and oxygen atoms in total. The minimum atomic E-state index is -0.0121. The van der Waals surface area contributed by atoms with Crippen molar-refractivity contribution in [2.75, 3.05) is 5.32 Å². The highest BCUT2D eigenvalue weighted by atomic mass is 16.1. The fourth-order valence-corrected chi connectivity index (χ4v) is 3.05. The van der Waals surface area contributed by atoms with Gasteiger partial charge in [0.25, 0.3) is 5.91 Å². The fraction of sp³-hybridized carbons (Fsp3) is 0.389. The number of nitrogens with one attached hydrogen (secondary N) is 1.